The molecule has 0 spiro atoms. The number of fused-ring (bicyclic) bond motifs is 2. The number of nitrogens with zero attached hydrogens (tertiary/aromatic N) is 3. The van der Waals surface area contributed by atoms with Gasteiger partial charge in [0, 0.05) is 29.1 Å². The lowest BCUT2D eigenvalue weighted by Crippen LogP contribution is -2.49. The first kappa shape index (κ1) is 20.0. The number of benzene rings is 1. The molecule has 3 aromatic rings. The Balaban J connectivity index is 1.32. The fourth-order valence-corrected chi connectivity index (χ4v) is 5.12. The summed E-state index contributed by atoms with van der Waals surface area (Å²) in [7, 11) is 1.56. The van der Waals surface area contributed by atoms with Crippen molar-refractivity contribution in [3.05, 3.63) is 61.1 Å². The molecule has 1 saturated heterocycles. The fourth-order valence-electron chi connectivity index (χ4n) is 3.98. The van der Waals surface area contributed by atoms with Gasteiger partial charge < -0.3 is 15.2 Å². The Labute approximate surface area is 183 Å². The summed E-state index contributed by atoms with van der Waals surface area (Å²) in [5.41, 5.74) is 2.87. The van der Waals surface area contributed by atoms with Crippen LogP contribution in [0.4, 0.5) is 4.39 Å². The minimum atomic E-state index is -0.954. The summed E-state index contributed by atoms with van der Waals surface area (Å²) < 4.78 is 19.8. The van der Waals surface area contributed by atoms with Crippen molar-refractivity contribution in [2.45, 2.75) is 35.0 Å². The summed E-state index contributed by atoms with van der Waals surface area (Å²) in [6.07, 6.45) is 8.65. The predicted molar refractivity (Wildman–Crippen MR) is 118 cm³/mol. The molecule has 0 aliphatic carbocycles. The zero-order valence-corrected chi connectivity index (χ0v) is 17.6. The van der Waals surface area contributed by atoms with Crippen LogP contribution in [0, 0.1) is 0 Å². The van der Waals surface area contributed by atoms with Gasteiger partial charge in [0.2, 0.25) is 5.88 Å². The normalized spacial score (nSPS) is 24.3. The highest BCUT2D eigenvalue weighted by molar-refractivity contribution is 7.99. The number of ether oxygens (including phenoxy) is 1. The highest BCUT2D eigenvalue weighted by Crippen LogP contribution is 2.37. The van der Waals surface area contributed by atoms with Crippen molar-refractivity contribution in [1.29, 1.82) is 0 Å². The van der Waals surface area contributed by atoms with Gasteiger partial charge in [0.25, 0.3) is 0 Å². The highest BCUT2D eigenvalue weighted by Gasteiger charge is 2.39. The summed E-state index contributed by atoms with van der Waals surface area (Å²) in [5.74, 6) is 0.612. The number of halogens is 1. The van der Waals surface area contributed by atoms with Gasteiger partial charge in [0.15, 0.2) is 0 Å². The van der Waals surface area contributed by atoms with E-state index in [9.17, 15) is 9.50 Å². The molecule has 4 heterocycles. The van der Waals surface area contributed by atoms with Gasteiger partial charge in [-0.15, -0.1) is 0 Å². The molecule has 2 aliphatic rings. The van der Waals surface area contributed by atoms with Crippen molar-refractivity contribution >= 4 is 11.8 Å². The average molecular weight is 437 g/mol. The van der Waals surface area contributed by atoms with E-state index in [1.807, 2.05) is 30.4 Å². The van der Waals surface area contributed by atoms with Crippen LogP contribution in [0.2, 0.25) is 0 Å². The number of phenolic OH excluding ortho intramolecular Hbond substituents is 1. The van der Waals surface area contributed by atoms with E-state index in [1.54, 1.807) is 37.8 Å². The van der Waals surface area contributed by atoms with Gasteiger partial charge in [0.05, 0.1) is 31.2 Å². The molecular formula is C23H21FN4O2S. The molecular weight excluding hydrogens is 415 g/mol. The van der Waals surface area contributed by atoms with Crippen LogP contribution in [0.15, 0.2) is 66.1 Å². The van der Waals surface area contributed by atoms with E-state index in [4.69, 9.17) is 4.74 Å². The van der Waals surface area contributed by atoms with Gasteiger partial charge in [-0.1, -0.05) is 30.0 Å². The van der Waals surface area contributed by atoms with E-state index in [-0.39, 0.29) is 23.1 Å². The van der Waals surface area contributed by atoms with Crippen molar-refractivity contribution in [3.8, 4) is 34.0 Å². The standard InChI is InChI=1S/C23H21FN4O2S/c1-30-21-9-14(6-7-25-21)13-2-4-16(19(29)8-13)18-11-27-22(12-26-18)31-20-10-15-3-5-17(28-15)23(20)24/h2-9,11-12,15,17,20,23,28-29H,10H2,1H3/t15-,17+,20-,23+/m1/s1. The molecule has 4 atom stereocenters. The van der Waals surface area contributed by atoms with Crippen molar-refractivity contribution in [2.24, 2.45) is 0 Å². The van der Waals surface area contributed by atoms with E-state index in [2.05, 4.69) is 20.3 Å². The largest absolute Gasteiger partial charge is 0.507 e. The van der Waals surface area contributed by atoms with Crippen LogP contribution in [-0.4, -0.2) is 50.7 Å². The molecule has 2 aromatic heterocycles. The number of rotatable bonds is 5. The Kier molecular flexibility index (Phi) is 5.33. The van der Waals surface area contributed by atoms with Crippen molar-refractivity contribution < 1.29 is 14.2 Å². The third-order valence-electron chi connectivity index (χ3n) is 5.59. The first-order valence-electron chi connectivity index (χ1n) is 10.0. The molecule has 1 fully saturated rings. The molecule has 5 rings (SSSR count). The Morgan fingerprint density at radius 2 is 1.97 bits per heavy atom. The molecule has 6 nitrogen and oxygen atoms in total. The number of nitrogens with one attached hydrogen (secondary N) is 1. The molecule has 0 amide bonds. The van der Waals surface area contributed by atoms with Gasteiger partial charge >= 0.3 is 0 Å². The van der Waals surface area contributed by atoms with E-state index in [0.29, 0.717) is 22.2 Å². The number of pyridine rings is 1. The zero-order valence-electron chi connectivity index (χ0n) is 16.8. The minimum Gasteiger partial charge on any atom is -0.507 e. The number of aromatic hydroxyl groups is 1. The third-order valence-corrected chi connectivity index (χ3v) is 6.80. The lowest BCUT2D eigenvalue weighted by molar-refractivity contribution is 0.230. The molecule has 158 valence electrons. The van der Waals surface area contributed by atoms with Crippen LogP contribution in [-0.2, 0) is 0 Å². The lowest BCUT2D eigenvalue weighted by atomic mass is 10.0. The van der Waals surface area contributed by atoms with Crippen molar-refractivity contribution in [1.82, 2.24) is 20.3 Å². The number of hydrogen-bond donors (Lipinski definition) is 2. The number of phenols is 1. The second-order valence-electron chi connectivity index (χ2n) is 7.58. The summed E-state index contributed by atoms with van der Waals surface area (Å²) in [5, 5.41) is 14.3. The number of alkyl halides is 1. The smallest absolute Gasteiger partial charge is 0.213 e. The molecule has 31 heavy (non-hydrogen) atoms. The maximum absolute atomic E-state index is 14.6. The third kappa shape index (κ3) is 4.00. The highest BCUT2D eigenvalue weighted by atomic mass is 32.2. The Bertz CT molecular complexity index is 1120. The minimum absolute atomic E-state index is 0.104. The quantitative estimate of drug-likeness (QED) is 0.585. The SMILES string of the molecule is COc1cc(-c2ccc(-c3cnc(S[C@@H]4C[C@H]5C=C[C@H](N5)[C@@H]4F)cn3)c(O)c2)ccn1. The van der Waals surface area contributed by atoms with Crippen molar-refractivity contribution in [3.63, 3.8) is 0 Å². The Morgan fingerprint density at radius 1 is 1.10 bits per heavy atom. The molecule has 2 N–H and O–H groups in total. The van der Waals surface area contributed by atoms with Gasteiger partial charge in [-0.2, -0.15) is 0 Å². The first-order valence-corrected chi connectivity index (χ1v) is 10.9. The molecule has 2 bridgehead atoms. The van der Waals surface area contributed by atoms with Gasteiger partial charge in [-0.05, 0) is 35.7 Å². The molecule has 0 radical (unpaired) electrons. The molecule has 2 aliphatic heterocycles. The fraction of sp³-hybridized carbons (Fsp3) is 0.261. The van der Waals surface area contributed by atoms with Crippen molar-refractivity contribution in [2.75, 3.05) is 7.11 Å². The zero-order chi connectivity index (χ0) is 21.4. The van der Waals surface area contributed by atoms with E-state index in [1.165, 1.54) is 11.8 Å². The van der Waals surface area contributed by atoms with Crippen LogP contribution in [0.5, 0.6) is 11.6 Å². The Hall–Kier alpha value is -2.97. The second kappa shape index (κ2) is 8.28. The molecule has 8 heteroatoms. The number of piperidine rings is 1. The molecule has 0 unspecified atom stereocenters. The maximum atomic E-state index is 14.6. The second-order valence-corrected chi connectivity index (χ2v) is 8.84. The van der Waals surface area contributed by atoms with Gasteiger partial charge in [0.1, 0.15) is 16.9 Å². The topological polar surface area (TPSA) is 80.2 Å². The van der Waals surface area contributed by atoms with Crippen LogP contribution in [0.1, 0.15) is 6.42 Å². The summed E-state index contributed by atoms with van der Waals surface area (Å²) in [4.78, 5) is 13.0. The monoisotopic (exact) mass is 436 g/mol. The molecule has 0 saturated carbocycles. The predicted octanol–water partition coefficient (Wildman–Crippen LogP) is 4.02. The van der Waals surface area contributed by atoms with Crippen LogP contribution >= 0.6 is 11.8 Å². The summed E-state index contributed by atoms with van der Waals surface area (Å²) in [6, 6.07) is 9.07. The van der Waals surface area contributed by atoms with Gasteiger partial charge in [-0.3, -0.25) is 4.98 Å². The van der Waals surface area contributed by atoms with E-state index < -0.39 is 6.17 Å². The lowest BCUT2D eigenvalue weighted by Gasteiger charge is -2.32. The number of thioether (sulfide) groups is 1. The van der Waals surface area contributed by atoms with Crippen LogP contribution in [0.3, 0.4) is 0 Å². The first-order chi connectivity index (χ1) is 15.1. The number of hydrogen-bond acceptors (Lipinski definition) is 7. The molecule has 1 aromatic carbocycles. The average Bonchev–Trinajstić information content (AvgIpc) is 3.21. The van der Waals surface area contributed by atoms with Gasteiger partial charge in [-0.25, -0.2) is 14.4 Å². The Morgan fingerprint density at radius 3 is 2.74 bits per heavy atom. The number of aromatic nitrogens is 3. The van der Waals surface area contributed by atoms with E-state index >= 15 is 0 Å². The summed E-state index contributed by atoms with van der Waals surface area (Å²) in [6.45, 7) is 0. The van der Waals surface area contributed by atoms with Crippen LogP contribution < -0.4 is 10.1 Å². The van der Waals surface area contributed by atoms with E-state index in [0.717, 1.165) is 17.5 Å². The van der Waals surface area contributed by atoms with Crippen LogP contribution in [0.25, 0.3) is 22.4 Å². The maximum Gasteiger partial charge on any atom is 0.213 e. The number of methoxy groups -OCH3 is 1. The summed E-state index contributed by atoms with van der Waals surface area (Å²) >= 11 is 1.42.